The van der Waals surface area contributed by atoms with E-state index in [1.807, 2.05) is 37.5 Å². The first-order chi connectivity index (χ1) is 13.1. The van der Waals surface area contributed by atoms with E-state index >= 15 is 0 Å². The zero-order chi connectivity index (χ0) is 19.0. The van der Waals surface area contributed by atoms with Crippen molar-refractivity contribution in [3.63, 3.8) is 0 Å². The monoisotopic (exact) mass is 397 g/mol. The van der Waals surface area contributed by atoms with Crippen LogP contribution in [0.1, 0.15) is 41.5 Å². The van der Waals surface area contributed by atoms with Crippen LogP contribution in [0.15, 0.2) is 54.7 Å². The van der Waals surface area contributed by atoms with Gasteiger partial charge >= 0.3 is 0 Å². The van der Waals surface area contributed by atoms with Crippen LogP contribution in [0.2, 0.25) is 10.0 Å². The Hall–Kier alpha value is -2.07. The first-order valence-corrected chi connectivity index (χ1v) is 9.81. The van der Waals surface area contributed by atoms with E-state index in [2.05, 4.69) is 34.6 Å². The van der Waals surface area contributed by atoms with Crippen LogP contribution >= 0.6 is 23.2 Å². The van der Waals surface area contributed by atoms with Crippen LogP contribution in [-0.2, 0) is 0 Å². The van der Waals surface area contributed by atoms with Gasteiger partial charge in [0.25, 0.3) is 0 Å². The maximum atomic E-state index is 6.46. The van der Waals surface area contributed by atoms with Crippen molar-refractivity contribution in [2.75, 3.05) is 12.4 Å². The minimum Gasteiger partial charge on any atom is -0.387 e. The summed E-state index contributed by atoms with van der Waals surface area (Å²) in [6.45, 7) is 0. The molecule has 1 aliphatic carbocycles. The Labute approximate surface area is 169 Å². The molecule has 0 saturated carbocycles. The summed E-state index contributed by atoms with van der Waals surface area (Å²) in [7, 11) is 1.89. The van der Waals surface area contributed by atoms with Gasteiger partial charge in [-0.25, -0.2) is 0 Å². The molecule has 0 fully saturated rings. The summed E-state index contributed by atoms with van der Waals surface area (Å²) < 4.78 is 0. The zero-order valence-corrected chi connectivity index (χ0v) is 16.6. The highest BCUT2D eigenvalue weighted by Crippen LogP contribution is 2.42. The van der Waals surface area contributed by atoms with Gasteiger partial charge in [-0.1, -0.05) is 41.4 Å². The minimum atomic E-state index is 0.0375. The van der Waals surface area contributed by atoms with Gasteiger partial charge in [0.15, 0.2) is 0 Å². The molecule has 0 radical (unpaired) electrons. The summed E-state index contributed by atoms with van der Waals surface area (Å²) in [4.78, 5) is 4.56. The number of fused-ring (bicyclic) bond motifs is 1. The van der Waals surface area contributed by atoms with Crippen LogP contribution in [0.5, 0.6) is 0 Å². The fourth-order valence-electron chi connectivity index (χ4n) is 3.82. The fourth-order valence-corrected chi connectivity index (χ4v) is 4.12. The molecule has 2 atom stereocenters. The van der Waals surface area contributed by atoms with Gasteiger partial charge < -0.3 is 11.1 Å². The van der Waals surface area contributed by atoms with Gasteiger partial charge in [0.1, 0.15) is 0 Å². The number of pyridine rings is 1. The Bertz CT molecular complexity index is 970. The van der Waals surface area contributed by atoms with E-state index in [1.165, 1.54) is 16.7 Å². The van der Waals surface area contributed by atoms with Gasteiger partial charge in [-0.3, -0.25) is 4.98 Å². The van der Waals surface area contributed by atoms with Gasteiger partial charge in [0.2, 0.25) is 0 Å². The number of anilines is 1. The van der Waals surface area contributed by atoms with Crippen LogP contribution in [0, 0.1) is 0 Å². The van der Waals surface area contributed by atoms with Crippen LogP contribution in [0.25, 0.3) is 11.3 Å². The average Bonchev–Trinajstić information content (AvgIpc) is 2.70. The van der Waals surface area contributed by atoms with E-state index in [-0.39, 0.29) is 12.0 Å². The predicted molar refractivity (Wildman–Crippen MR) is 114 cm³/mol. The Kier molecular flexibility index (Phi) is 5.09. The van der Waals surface area contributed by atoms with Crippen LogP contribution in [-0.4, -0.2) is 12.0 Å². The van der Waals surface area contributed by atoms with E-state index in [0.717, 1.165) is 29.8 Å². The van der Waals surface area contributed by atoms with Crippen LogP contribution in [0.4, 0.5) is 5.69 Å². The third-order valence-corrected chi connectivity index (χ3v) is 6.06. The normalized spacial score (nSPS) is 18.8. The number of benzene rings is 2. The zero-order valence-electron chi connectivity index (χ0n) is 15.0. The lowest BCUT2D eigenvalue weighted by Gasteiger charge is -2.30. The highest BCUT2D eigenvalue weighted by molar-refractivity contribution is 6.42. The first-order valence-electron chi connectivity index (χ1n) is 9.05. The molecule has 0 aliphatic heterocycles. The van der Waals surface area contributed by atoms with E-state index < -0.39 is 0 Å². The van der Waals surface area contributed by atoms with E-state index in [4.69, 9.17) is 28.9 Å². The van der Waals surface area contributed by atoms with Crippen molar-refractivity contribution in [2.24, 2.45) is 5.73 Å². The summed E-state index contributed by atoms with van der Waals surface area (Å²) >= 11 is 12.3. The van der Waals surface area contributed by atoms with Gasteiger partial charge in [-0.05, 0) is 59.9 Å². The SMILES string of the molecule is CNc1ccc(-c2ccc3c(c2)C(N)CC[C@H]3c2ccc(Cl)c(Cl)c2)nc1. The average molecular weight is 398 g/mol. The molecule has 27 heavy (non-hydrogen) atoms. The fraction of sp³-hybridized carbons (Fsp3) is 0.227. The van der Waals surface area contributed by atoms with E-state index in [0.29, 0.717) is 10.0 Å². The lowest BCUT2D eigenvalue weighted by Crippen LogP contribution is -2.21. The third-order valence-electron chi connectivity index (χ3n) is 5.32. The lowest BCUT2D eigenvalue weighted by molar-refractivity contribution is 0.530. The third kappa shape index (κ3) is 3.55. The largest absolute Gasteiger partial charge is 0.387 e. The number of halogens is 2. The van der Waals surface area contributed by atoms with Crippen LogP contribution < -0.4 is 11.1 Å². The van der Waals surface area contributed by atoms with Crippen molar-refractivity contribution >= 4 is 28.9 Å². The predicted octanol–water partition coefficient (Wildman–Crippen LogP) is 6.02. The number of hydrogen-bond acceptors (Lipinski definition) is 3. The number of nitrogens with two attached hydrogens (primary N) is 1. The molecule has 138 valence electrons. The molecule has 3 nitrogen and oxygen atoms in total. The Balaban J connectivity index is 1.74. The van der Waals surface area contributed by atoms with Crippen molar-refractivity contribution in [3.05, 3.63) is 81.5 Å². The van der Waals surface area contributed by atoms with E-state index in [9.17, 15) is 0 Å². The molecule has 1 aliphatic rings. The van der Waals surface area contributed by atoms with E-state index in [1.54, 1.807) is 0 Å². The number of rotatable bonds is 3. The van der Waals surface area contributed by atoms with Crippen molar-refractivity contribution < 1.29 is 0 Å². The van der Waals surface area contributed by atoms with Crippen molar-refractivity contribution in [3.8, 4) is 11.3 Å². The maximum absolute atomic E-state index is 6.46. The Morgan fingerprint density at radius 1 is 0.963 bits per heavy atom. The van der Waals surface area contributed by atoms with Crippen molar-refractivity contribution in [1.82, 2.24) is 4.98 Å². The minimum absolute atomic E-state index is 0.0375. The topological polar surface area (TPSA) is 50.9 Å². The number of nitrogens with one attached hydrogen (secondary N) is 1. The molecule has 3 aromatic rings. The van der Waals surface area contributed by atoms with Crippen molar-refractivity contribution in [1.29, 1.82) is 0 Å². The number of hydrogen-bond donors (Lipinski definition) is 2. The molecule has 1 heterocycles. The highest BCUT2D eigenvalue weighted by Gasteiger charge is 2.27. The summed E-state index contributed by atoms with van der Waals surface area (Å²) in [5.41, 5.74) is 13.1. The molecule has 5 heteroatoms. The molecule has 2 aromatic carbocycles. The van der Waals surface area contributed by atoms with Gasteiger partial charge in [0, 0.05) is 24.6 Å². The number of nitrogens with zero attached hydrogens (tertiary/aromatic N) is 1. The van der Waals surface area contributed by atoms with Crippen LogP contribution in [0.3, 0.4) is 0 Å². The summed E-state index contributed by atoms with van der Waals surface area (Å²) in [5.74, 6) is 0.281. The molecule has 1 unspecified atom stereocenters. The highest BCUT2D eigenvalue weighted by atomic mass is 35.5. The second kappa shape index (κ2) is 7.51. The Morgan fingerprint density at radius 2 is 1.81 bits per heavy atom. The van der Waals surface area contributed by atoms with Crippen molar-refractivity contribution in [2.45, 2.75) is 24.8 Å². The molecular formula is C22H21Cl2N3. The number of aromatic nitrogens is 1. The quantitative estimate of drug-likeness (QED) is 0.567. The molecule has 0 bridgehead atoms. The smallest absolute Gasteiger partial charge is 0.0703 e. The summed E-state index contributed by atoms with van der Waals surface area (Å²) in [6.07, 6.45) is 3.78. The summed E-state index contributed by atoms with van der Waals surface area (Å²) in [5, 5.41) is 4.27. The lowest BCUT2D eigenvalue weighted by atomic mass is 9.76. The van der Waals surface area contributed by atoms with Gasteiger partial charge in [-0.2, -0.15) is 0 Å². The second-order valence-electron chi connectivity index (χ2n) is 6.94. The standard InChI is InChI=1S/C22H21Cl2N3/c1-26-15-4-9-22(27-12-15)14-2-5-17-16(6-8-21(25)18(17)10-14)13-3-7-19(23)20(24)11-13/h2-5,7,9-12,16,21,26H,6,8,25H2,1H3/t16-,21?/m0/s1. The molecule has 3 N–H and O–H groups in total. The molecule has 1 aromatic heterocycles. The van der Waals surface area contributed by atoms with Gasteiger partial charge in [0.05, 0.1) is 27.6 Å². The molecule has 4 rings (SSSR count). The first kappa shape index (κ1) is 18.3. The molecule has 0 amide bonds. The maximum Gasteiger partial charge on any atom is 0.0703 e. The Morgan fingerprint density at radius 3 is 2.52 bits per heavy atom. The summed E-state index contributed by atoms with van der Waals surface area (Å²) in [6, 6.07) is 16.5. The van der Waals surface area contributed by atoms with Gasteiger partial charge in [-0.15, -0.1) is 0 Å². The second-order valence-corrected chi connectivity index (χ2v) is 7.75. The molecule has 0 saturated heterocycles. The molecule has 0 spiro atoms. The molecular weight excluding hydrogens is 377 g/mol.